The number of rotatable bonds is 17. The van der Waals surface area contributed by atoms with E-state index >= 15 is 0 Å². The van der Waals surface area contributed by atoms with E-state index in [1.807, 2.05) is 6.92 Å². The molecule has 0 aliphatic carbocycles. The van der Waals surface area contributed by atoms with Crippen LogP contribution in [-0.2, 0) is 19.6 Å². The third-order valence-electron chi connectivity index (χ3n) is 4.46. The molecule has 0 aliphatic rings. The molecule has 1 N–H and O–H groups in total. The zero-order valence-corrected chi connectivity index (χ0v) is 18.1. The predicted molar refractivity (Wildman–Crippen MR) is 111 cm³/mol. The summed E-state index contributed by atoms with van der Waals surface area (Å²) in [6.45, 7) is 6.57. The van der Waals surface area contributed by atoms with Gasteiger partial charge in [0.15, 0.2) is 0 Å². The van der Waals surface area contributed by atoms with Crippen LogP contribution in [0.4, 0.5) is 0 Å². The highest BCUT2D eigenvalue weighted by atomic mass is 32.2. The summed E-state index contributed by atoms with van der Waals surface area (Å²) in [6, 6.07) is 4.26. The molecule has 0 amide bonds. The highest BCUT2D eigenvalue weighted by molar-refractivity contribution is 7.85. The van der Waals surface area contributed by atoms with Crippen molar-refractivity contribution in [1.29, 1.82) is 0 Å². The number of hydrogen-bond donors (Lipinski definition) is 1. The average Bonchev–Trinajstić information content (AvgIpc) is 2.65. The van der Waals surface area contributed by atoms with Crippen molar-refractivity contribution >= 4 is 10.1 Å². The zero-order valence-electron chi connectivity index (χ0n) is 17.3. The van der Waals surface area contributed by atoms with Gasteiger partial charge in [0, 0.05) is 12.7 Å². The highest BCUT2D eigenvalue weighted by Crippen LogP contribution is 2.22. The number of unbranched alkanes of at least 4 members (excludes halogenated alkanes) is 7. The second kappa shape index (κ2) is 14.8. The molecule has 0 heterocycles. The van der Waals surface area contributed by atoms with Gasteiger partial charge in [-0.05, 0) is 25.0 Å². The van der Waals surface area contributed by atoms with Crippen LogP contribution < -0.4 is 4.74 Å². The maximum absolute atomic E-state index is 11.2. The maximum Gasteiger partial charge on any atom is 0.294 e. The molecule has 0 fully saturated rings. The summed E-state index contributed by atoms with van der Waals surface area (Å²) in [5, 5.41) is 0. The Morgan fingerprint density at radius 1 is 0.821 bits per heavy atom. The molecule has 0 aliphatic heterocycles. The summed E-state index contributed by atoms with van der Waals surface area (Å²) in [5.41, 5.74) is 0.793. The Hall–Kier alpha value is -1.15. The SMILES string of the molecule is CCCCCCCCCCOCCOCCOc1cc(S(=O)(=O)O)ccc1C. The van der Waals surface area contributed by atoms with Crippen molar-refractivity contribution in [3.05, 3.63) is 23.8 Å². The van der Waals surface area contributed by atoms with Crippen LogP contribution in [0.3, 0.4) is 0 Å². The molecule has 0 atom stereocenters. The Labute approximate surface area is 170 Å². The molecule has 0 bridgehead atoms. The predicted octanol–water partition coefficient (Wildman–Crippen LogP) is 4.79. The van der Waals surface area contributed by atoms with Crippen molar-refractivity contribution in [3.63, 3.8) is 0 Å². The lowest BCUT2D eigenvalue weighted by molar-refractivity contribution is 0.0351. The second-order valence-electron chi connectivity index (χ2n) is 6.95. The summed E-state index contributed by atoms with van der Waals surface area (Å²) in [4.78, 5) is -0.177. The second-order valence-corrected chi connectivity index (χ2v) is 8.37. The van der Waals surface area contributed by atoms with Crippen molar-refractivity contribution in [2.75, 3.05) is 33.0 Å². The van der Waals surface area contributed by atoms with Crippen LogP contribution in [0.15, 0.2) is 23.1 Å². The lowest BCUT2D eigenvalue weighted by atomic mass is 10.1. The van der Waals surface area contributed by atoms with Gasteiger partial charge in [-0.1, -0.05) is 57.9 Å². The molecule has 162 valence electrons. The van der Waals surface area contributed by atoms with Gasteiger partial charge in [-0.2, -0.15) is 8.42 Å². The van der Waals surface area contributed by atoms with Gasteiger partial charge in [-0.15, -0.1) is 0 Å². The molecule has 0 saturated heterocycles. The van der Waals surface area contributed by atoms with E-state index in [1.165, 1.54) is 57.1 Å². The summed E-state index contributed by atoms with van der Waals surface area (Å²) < 4.78 is 48.0. The molecule has 1 rings (SSSR count). The van der Waals surface area contributed by atoms with E-state index in [0.717, 1.165) is 18.6 Å². The summed E-state index contributed by atoms with van der Waals surface area (Å²) >= 11 is 0. The molecule has 6 nitrogen and oxygen atoms in total. The molecule has 7 heteroatoms. The molecule has 1 aromatic carbocycles. The first-order valence-electron chi connectivity index (χ1n) is 10.3. The van der Waals surface area contributed by atoms with Crippen LogP contribution in [0.1, 0.15) is 63.9 Å². The van der Waals surface area contributed by atoms with Crippen LogP contribution in [0.5, 0.6) is 5.75 Å². The molecule has 0 aromatic heterocycles. The molecule has 0 unspecified atom stereocenters. The number of benzene rings is 1. The third-order valence-corrected chi connectivity index (χ3v) is 5.31. The molecule has 0 spiro atoms. The van der Waals surface area contributed by atoms with E-state index in [9.17, 15) is 8.42 Å². The topological polar surface area (TPSA) is 82.1 Å². The van der Waals surface area contributed by atoms with E-state index < -0.39 is 10.1 Å². The van der Waals surface area contributed by atoms with E-state index in [4.69, 9.17) is 18.8 Å². The quantitative estimate of drug-likeness (QED) is 0.290. The Morgan fingerprint density at radius 2 is 1.39 bits per heavy atom. The van der Waals surface area contributed by atoms with Crippen molar-refractivity contribution in [2.24, 2.45) is 0 Å². The Bertz CT molecular complexity index is 630. The number of ether oxygens (including phenoxy) is 3. The zero-order chi connectivity index (χ0) is 20.7. The Morgan fingerprint density at radius 3 is 2.04 bits per heavy atom. The van der Waals surface area contributed by atoms with Crippen LogP contribution >= 0.6 is 0 Å². The highest BCUT2D eigenvalue weighted by Gasteiger charge is 2.12. The normalized spacial score (nSPS) is 11.7. The minimum Gasteiger partial charge on any atom is -0.491 e. The summed E-state index contributed by atoms with van der Waals surface area (Å²) in [5.74, 6) is 0.421. The average molecular weight is 417 g/mol. The van der Waals surface area contributed by atoms with Crippen molar-refractivity contribution < 1.29 is 27.2 Å². The van der Waals surface area contributed by atoms with Gasteiger partial charge in [-0.25, -0.2) is 0 Å². The molecule has 1 aromatic rings. The van der Waals surface area contributed by atoms with Crippen LogP contribution in [0.2, 0.25) is 0 Å². The molecule has 0 saturated carbocycles. The van der Waals surface area contributed by atoms with Crippen LogP contribution in [0, 0.1) is 6.92 Å². The largest absolute Gasteiger partial charge is 0.491 e. The van der Waals surface area contributed by atoms with Crippen LogP contribution in [-0.4, -0.2) is 46.0 Å². The lowest BCUT2D eigenvalue weighted by Gasteiger charge is -2.11. The first-order valence-corrected chi connectivity index (χ1v) is 11.8. The fourth-order valence-corrected chi connectivity index (χ4v) is 3.26. The van der Waals surface area contributed by atoms with Gasteiger partial charge in [0.25, 0.3) is 10.1 Å². The first-order chi connectivity index (χ1) is 13.4. The number of hydrogen-bond acceptors (Lipinski definition) is 5. The van der Waals surface area contributed by atoms with Gasteiger partial charge in [-0.3, -0.25) is 4.55 Å². The fourth-order valence-electron chi connectivity index (χ4n) is 2.77. The van der Waals surface area contributed by atoms with Gasteiger partial charge < -0.3 is 14.2 Å². The van der Waals surface area contributed by atoms with Gasteiger partial charge >= 0.3 is 0 Å². The van der Waals surface area contributed by atoms with Crippen molar-refractivity contribution in [2.45, 2.75) is 70.1 Å². The summed E-state index contributed by atoms with van der Waals surface area (Å²) in [7, 11) is -4.23. The minimum absolute atomic E-state index is 0.177. The Kier molecular flexibility index (Phi) is 13.1. The minimum atomic E-state index is -4.23. The third kappa shape index (κ3) is 11.6. The molecule has 28 heavy (non-hydrogen) atoms. The Balaban J connectivity index is 1.98. The van der Waals surface area contributed by atoms with E-state index in [0.29, 0.717) is 32.2 Å². The standard InChI is InChI=1S/C21H36O6S/c1-3-4-5-6-7-8-9-10-13-25-14-15-26-16-17-27-21-18-20(28(22,23)24)12-11-19(21)2/h11-12,18H,3-10,13-17H2,1-2H3,(H,22,23,24). The smallest absolute Gasteiger partial charge is 0.294 e. The summed E-state index contributed by atoms with van der Waals surface area (Å²) in [6.07, 6.45) is 10.3. The molecular weight excluding hydrogens is 380 g/mol. The van der Waals surface area contributed by atoms with E-state index in [2.05, 4.69) is 6.92 Å². The van der Waals surface area contributed by atoms with Crippen molar-refractivity contribution in [3.8, 4) is 5.75 Å². The van der Waals surface area contributed by atoms with E-state index in [-0.39, 0.29) is 4.90 Å². The molecule has 0 radical (unpaired) electrons. The molecular formula is C21H36O6S. The maximum atomic E-state index is 11.2. The van der Waals surface area contributed by atoms with Gasteiger partial charge in [0.05, 0.1) is 24.7 Å². The van der Waals surface area contributed by atoms with Gasteiger partial charge in [0.1, 0.15) is 12.4 Å². The first kappa shape index (κ1) is 24.9. The fraction of sp³-hybridized carbons (Fsp3) is 0.714. The van der Waals surface area contributed by atoms with Crippen LogP contribution in [0.25, 0.3) is 0 Å². The number of aryl methyl sites for hydroxylation is 1. The van der Waals surface area contributed by atoms with Crippen molar-refractivity contribution in [1.82, 2.24) is 0 Å². The van der Waals surface area contributed by atoms with Gasteiger partial charge in [0.2, 0.25) is 0 Å². The lowest BCUT2D eigenvalue weighted by Crippen LogP contribution is -2.12. The van der Waals surface area contributed by atoms with E-state index in [1.54, 1.807) is 6.07 Å². The monoisotopic (exact) mass is 416 g/mol.